The maximum atomic E-state index is 13.7. The van der Waals surface area contributed by atoms with Crippen LogP contribution in [-0.4, -0.2) is 24.5 Å². The van der Waals surface area contributed by atoms with Crippen LogP contribution < -0.4 is 20.1 Å². The molecule has 7 heteroatoms. The first-order chi connectivity index (χ1) is 15.0. The van der Waals surface area contributed by atoms with Crippen molar-refractivity contribution in [3.8, 4) is 11.5 Å². The number of nitrogens with one attached hydrogen (secondary N) is 2. The van der Waals surface area contributed by atoms with Gasteiger partial charge < -0.3 is 20.1 Å². The fraction of sp³-hybridized carbons (Fsp3) is 0.167. The average molecular weight is 422 g/mol. The van der Waals surface area contributed by atoms with Crippen LogP contribution in [0, 0.1) is 5.82 Å². The van der Waals surface area contributed by atoms with E-state index in [1.165, 1.54) is 18.2 Å². The topological polar surface area (TPSA) is 76.7 Å². The number of benzene rings is 3. The lowest BCUT2D eigenvalue weighted by Gasteiger charge is -2.15. The molecule has 1 atom stereocenters. The predicted octanol–water partition coefficient (Wildman–Crippen LogP) is 4.88. The Hall–Kier alpha value is -3.87. The molecule has 0 radical (unpaired) electrons. The van der Waals surface area contributed by atoms with Gasteiger partial charge in [0.05, 0.1) is 18.0 Å². The van der Waals surface area contributed by atoms with Gasteiger partial charge in [-0.3, -0.25) is 9.59 Å². The number of anilines is 2. The molecular formula is C24H23FN2O4. The van der Waals surface area contributed by atoms with E-state index in [2.05, 4.69) is 10.6 Å². The van der Waals surface area contributed by atoms with Crippen molar-refractivity contribution in [2.75, 3.05) is 17.2 Å². The quantitative estimate of drug-likeness (QED) is 0.542. The molecule has 2 N–H and O–H groups in total. The zero-order valence-corrected chi connectivity index (χ0v) is 17.2. The Morgan fingerprint density at radius 2 is 1.55 bits per heavy atom. The second-order valence-electron chi connectivity index (χ2n) is 6.64. The van der Waals surface area contributed by atoms with Gasteiger partial charge in [0.1, 0.15) is 17.3 Å². The highest BCUT2D eigenvalue weighted by molar-refractivity contribution is 6.05. The molecule has 0 saturated carbocycles. The molecule has 0 bridgehead atoms. The van der Waals surface area contributed by atoms with E-state index in [0.717, 1.165) is 0 Å². The number of hydrogen-bond acceptors (Lipinski definition) is 4. The van der Waals surface area contributed by atoms with E-state index in [0.29, 0.717) is 29.4 Å². The molecule has 31 heavy (non-hydrogen) atoms. The summed E-state index contributed by atoms with van der Waals surface area (Å²) in [5, 5.41) is 5.31. The summed E-state index contributed by atoms with van der Waals surface area (Å²) in [6, 6.07) is 19.4. The standard InChI is InChI=1S/C24H23FN2O4/c1-3-30-22-11-7-6-10-21(22)27-24(29)17-12-14-18(15-13-17)31-16(2)23(28)26-20-9-5-4-8-19(20)25/h4-16H,3H2,1-2H3,(H,26,28)(H,27,29). The Bertz CT molecular complexity index is 1050. The second kappa shape index (κ2) is 10.2. The smallest absolute Gasteiger partial charge is 0.265 e. The Morgan fingerprint density at radius 3 is 2.23 bits per heavy atom. The van der Waals surface area contributed by atoms with Crippen molar-refractivity contribution in [2.45, 2.75) is 20.0 Å². The van der Waals surface area contributed by atoms with E-state index >= 15 is 0 Å². The summed E-state index contributed by atoms with van der Waals surface area (Å²) < 4.78 is 24.8. The molecule has 0 spiro atoms. The van der Waals surface area contributed by atoms with Crippen LogP contribution in [0.5, 0.6) is 11.5 Å². The maximum Gasteiger partial charge on any atom is 0.265 e. The Kier molecular flexibility index (Phi) is 7.22. The fourth-order valence-electron chi connectivity index (χ4n) is 2.79. The lowest BCUT2D eigenvalue weighted by molar-refractivity contribution is -0.122. The number of hydrogen-bond donors (Lipinski definition) is 2. The molecule has 160 valence electrons. The highest BCUT2D eigenvalue weighted by atomic mass is 19.1. The fourth-order valence-corrected chi connectivity index (χ4v) is 2.79. The third-order valence-corrected chi connectivity index (χ3v) is 4.37. The van der Waals surface area contributed by atoms with Gasteiger partial charge in [-0.1, -0.05) is 24.3 Å². The van der Waals surface area contributed by atoms with Gasteiger partial charge >= 0.3 is 0 Å². The van der Waals surface area contributed by atoms with E-state index in [4.69, 9.17) is 9.47 Å². The highest BCUT2D eigenvalue weighted by Gasteiger charge is 2.17. The molecule has 0 saturated heterocycles. The number of ether oxygens (including phenoxy) is 2. The summed E-state index contributed by atoms with van der Waals surface area (Å²) in [4.78, 5) is 24.8. The zero-order chi connectivity index (χ0) is 22.2. The minimum absolute atomic E-state index is 0.0855. The largest absolute Gasteiger partial charge is 0.492 e. The van der Waals surface area contributed by atoms with Crippen LogP contribution in [0.15, 0.2) is 72.8 Å². The molecular weight excluding hydrogens is 399 g/mol. The lowest BCUT2D eigenvalue weighted by Crippen LogP contribution is -2.30. The maximum absolute atomic E-state index is 13.7. The first-order valence-electron chi connectivity index (χ1n) is 9.83. The second-order valence-corrected chi connectivity index (χ2v) is 6.64. The molecule has 0 aromatic heterocycles. The first-order valence-corrected chi connectivity index (χ1v) is 9.83. The van der Waals surface area contributed by atoms with Crippen LogP contribution in [-0.2, 0) is 4.79 Å². The van der Waals surface area contributed by atoms with Crippen molar-refractivity contribution in [3.05, 3.63) is 84.2 Å². The van der Waals surface area contributed by atoms with Crippen LogP contribution in [0.1, 0.15) is 24.2 Å². The van der Waals surface area contributed by atoms with Gasteiger partial charge in [0, 0.05) is 5.56 Å². The summed E-state index contributed by atoms with van der Waals surface area (Å²) >= 11 is 0. The summed E-state index contributed by atoms with van der Waals surface area (Å²) in [6.07, 6.45) is -0.864. The van der Waals surface area contributed by atoms with Crippen LogP contribution in [0.3, 0.4) is 0 Å². The van der Waals surface area contributed by atoms with Crippen LogP contribution in [0.2, 0.25) is 0 Å². The highest BCUT2D eigenvalue weighted by Crippen LogP contribution is 2.24. The number of amides is 2. The summed E-state index contributed by atoms with van der Waals surface area (Å²) in [6.45, 7) is 3.91. The molecule has 0 fully saturated rings. The van der Waals surface area contributed by atoms with Crippen molar-refractivity contribution < 1.29 is 23.5 Å². The van der Waals surface area contributed by atoms with Crippen molar-refractivity contribution in [2.24, 2.45) is 0 Å². The third kappa shape index (κ3) is 5.82. The van der Waals surface area contributed by atoms with Crippen molar-refractivity contribution >= 4 is 23.2 Å². The van der Waals surface area contributed by atoms with Crippen LogP contribution in [0.4, 0.5) is 15.8 Å². The molecule has 3 aromatic carbocycles. The Labute approximate surface area is 180 Å². The van der Waals surface area contributed by atoms with Gasteiger partial charge in [-0.2, -0.15) is 0 Å². The van der Waals surface area contributed by atoms with Gasteiger partial charge in [-0.15, -0.1) is 0 Å². The Balaban J connectivity index is 1.60. The zero-order valence-electron chi connectivity index (χ0n) is 17.2. The van der Waals surface area contributed by atoms with Crippen LogP contribution in [0.25, 0.3) is 0 Å². The van der Waals surface area contributed by atoms with E-state index in [1.54, 1.807) is 49.4 Å². The molecule has 3 aromatic rings. The van der Waals surface area contributed by atoms with Crippen molar-refractivity contribution in [3.63, 3.8) is 0 Å². The molecule has 2 amide bonds. The third-order valence-electron chi connectivity index (χ3n) is 4.37. The van der Waals surface area contributed by atoms with E-state index in [1.807, 2.05) is 19.1 Å². The minimum Gasteiger partial charge on any atom is -0.492 e. The first kappa shape index (κ1) is 21.8. The molecule has 3 rings (SSSR count). The number of carbonyl (C=O) groups is 2. The van der Waals surface area contributed by atoms with E-state index < -0.39 is 17.8 Å². The molecule has 6 nitrogen and oxygen atoms in total. The van der Waals surface area contributed by atoms with Gasteiger partial charge in [0.25, 0.3) is 11.8 Å². The van der Waals surface area contributed by atoms with E-state index in [9.17, 15) is 14.0 Å². The number of rotatable bonds is 8. The number of halogens is 1. The summed E-state index contributed by atoms with van der Waals surface area (Å²) in [7, 11) is 0. The molecule has 0 aliphatic rings. The minimum atomic E-state index is -0.864. The number of carbonyl (C=O) groups excluding carboxylic acids is 2. The van der Waals surface area contributed by atoms with Gasteiger partial charge in [0.2, 0.25) is 0 Å². The average Bonchev–Trinajstić information content (AvgIpc) is 2.77. The van der Waals surface area contributed by atoms with Gasteiger partial charge in [-0.25, -0.2) is 4.39 Å². The lowest BCUT2D eigenvalue weighted by atomic mass is 10.2. The number of para-hydroxylation sites is 3. The van der Waals surface area contributed by atoms with Crippen LogP contribution >= 0.6 is 0 Å². The molecule has 1 unspecified atom stereocenters. The van der Waals surface area contributed by atoms with Crippen molar-refractivity contribution in [1.82, 2.24) is 0 Å². The molecule has 0 aliphatic carbocycles. The van der Waals surface area contributed by atoms with E-state index in [-0.39, 0.29) is 11.6 Å². The van der Waals surface area contributed by atoms with Gasteiger partial charge in [-0.05, 0) is 62.4 Å². The summed E-state index contributed by atoms with van der Waals surface area (Å²) in [5.41, 5.74) is 1.08. The Morgan fingerprint density at radius 1 is 0.903 bits per heavy atom. The molecule has 0 aliphatic heterocycles. The monoisotopic (exact) mass is 422 g/mol. The predicted molar refractivity (Wildman–Crippen MR) is 117 cm³/mol. The SMILES string of the molecule is CCOc1ccccc1NC(=O)c1ccc(OC(C)C(=O)Nc2ccccc2F)cc1. The summed E-state index contributed by atoms with van der Waals surface area (Å²) in [5.74, 6) is -0.316. The normalized spacial score (nSPS) is 11.3. The molecule has 0 heterocycles. The van der Waals surface area contributed by atoms with Gasteiger partial charge in [0.15, 0.2) is 6.10 Å². The van der Waals surface area contributed by atoms with Crippen molar-refractivity contribution in [1.29, 1.82) is 0 Å².